The molecule has 0 atom stereocenters. The van der Waals surface area contributed by atoms with Crippen molar-refractivity contribution in [2.24, 2.45) is 0 Å². The van der Waals surface area contributed by atoms with E-state index in [0.717, 1.165) is 40.6 Å². The molecule has 0 aliphatic heterocycles. The Hall–Kier alpha value is -2.73. The van der Waals surface area contributed by atoms with Crippen LogP contribution in [0.2, 0.25) is 0 Å². The van der Waals surface area contributed by atoms with Crippen LogP contribution < -0.4 is 10.6 Å². The number of rotatable bonds is 7. The number of thiazole rings is 1. The number of unbranched alkanes of at least 4 members (excludes halogenated alkanes) is 1. The Morgan fingerprint density at radius 1 is 1.08 bits per heavy atom. The lowest BCUT2D eigenvalue weighted by Gasteiger charge is -2.05. The molecule has 1 heterocycles. The number of halogens is 1. The van der Waals surface area contributed by atoms with Gasteiger partial charge in [-0.3, -0.25) is 4.79 Å². The van der Waals surface area contributed by atoms with Crippen molar-refractivity contribution in [3.63, 3.8) is 0 Å². The van der Waals surface area contributed by atoms with Gasteiger partial charge in [0.1, 0.15) is 5.82 Å². The van der Waals surface area contributed by atoms with Gasteiger partial charge in [0.05, 0.1) is 5.69 Å². The van der Waals surface area contributed by atoms with Crippen LogP contribution in [-0.4, -0.2) is 10.9 Å². The third-order valence-electron chi connectivity index (χ3n) is 3.82. The first-order chi connectivity index (χ1) is 12.6. The number of hydrogen-bond acceptors (Lipinski definition) is 4. The summed E-state index contributed by atoms with van der Waals surface area (Å²) in [6.07, 6.45) is 2.44. The Bertz CT molecular complexity index is 860. The zero-order valence-electron chi connectivity index (χ0n) is 14.5. The summed E-state index contributed by atoms with van der Waals surface area (Å²) in [5, 5.41) is 8.76. The molecule has 0 aliphatic carbocycles. The molecular weight excluding hydrogens is 349 g/mol. The fraction of sp³-hybridized carbons (Fsp3) is 0.200. The average molecular weight is 369 g/mol. The van der Waals surface area contributed by atoms with E-state index in [9.17, 15) is 9.18 Å². The van der Waals surface area contributed by atoms with Crippen LogP contribution in [0.3, 0.4) is 0 Å². The van der Waals surface area contributed by atoms with Gasteiger partial charge < -0.3 is 10.6 Å². The minimum atomic E-state index is -0.266. The number of nitrogens with zero attached hydrogens (tertiary/aromatic N) is 1. The lowest BCUT2D eigenvalue weighted by Crippen LogP contribution is -2.10. The summed E-state index contributed by atoms with van der Waals surface area (Å²) in [6, 6.07) is 13.8. The van der Waals surface area contributed by atoms with E-state index in [1.54, 1.807) is 12.1 Å². The molecule has 3 aromatic rings. The lowest BCUT2D eigenvalue weighted by atomic mass is 10.1. The predicted octanol–water partition coefficient (Wildman–Crippen LogP) is 5.82. The molecule has 2 N–H and O–H groups in total. The molecule has 0 unspecified atom stereocenters. The monoisotopic (exact) mass is 369 g/mol. The molecule has 0 radical (unpaired) electrons. The van der Waals surface area contributed by atoms with E-state index in [-0.39, 0.29) is 11.7 Å². The van der Waals surface area contributed by atoms with Crippen LogP contribution in [0.1, 0.15) is 26.2 Å². The van der Waals surface area contributed by atoms with Crippen molar-refractivity contribution in [2.45, 2.75) is 26.2 Å². The first-order valence-electron chi connectivity index (χ1n) is 8.52. The van der Waals surface area contributed by atoms with Crippen molar-refractivity contribution in [1.82, 2.24) is 4.98 Å². The summed E-state index contributed by atoms with van der Waals surface area (Å²) in [4.78, 5) is 16.3. The lowest BCUT2D eigenvalue weighted by molar-refractivity contribution is -0.116. The van der Waals surface area contributed by atoms with E-state index in [4.69, 9.17) is 0 Å². The summed E-state index contributed by atoms with van der Waals surface area (Å²) in [5.41, 5.74) is 3.40. The van der Waals surface area contributed by atoms with Crippen molar-refractivity contribution < 1.29 is 9.18 Å². The molecule has 0 saturated heterocycles. The minimum Gasteiger partial charge on any atom is -0.332 e. The summed E-state index contributed by atoms with van der Waals surface area (Å²) in [7, 11) is 0. The van der Waals surface area contributed by atoms with E-state index in [2.05, 4.69) is 22.5 Å². The van der Waals surface area contributed by atoms with Gasteiger partial charge in [0, 0.05) is 28.7 Å². The van der Waals surface area contributed by atoms with Crippen molar-refractivity contribution in [3.8, 4) is 11.3 Å². The van der Waals surface area contributed by atoms with Gasteiger partial charge in [-0.15, -0.1) is 11.3 Å². The predicted molar refractivity (Wildman–Crippen MR) is 105 cm³/mol. The van der Waals surface area contributed by atoms with Crippen molar-refractivity contribution in [1.29, 1.82) is 0 Å². The molecule has 26 heavy (non-hydrogen) atoms. The van der Waals surface area contributed by atoms with Crippen molar-refractivity contribution in [2.75, 3.05) is 10.6 Å². The molecule has 134 valence electrons. The van der Waals surface area contributed by atoms with Crippen LogP contribution in [0.4, 0.5) is 20.9 Å². The van der Waals surface area contributed by atoms with Gasteiger partial charge >= 0.3 is 0 Å². The molecule has 0 spiro atoms. The number of anilines is 3. The molecule has 1 aromatic heterocycles. The highest BCUT2D eigenvalue weighted by Crippen LogP contribution is 2.28. The first-order valence-corrected chi connectivity index (χ1v) is 9.40. The number of nitrogens with one attached hydrogen (secondary N) is 2. The second kappa shape index (κ2) is 8.58. The van der Waals surface area contributed by atoms with Gasteiger partial charge in [-0.1, -0.05) is 25.5 Å². The van der Waals surface area contributed by atoms with Crippen LogP contribution in [-0.2, 0) is 4.79 Å². The third kappa shape index (κ3) is 4.89. The van der Waals surface area contributed by atoms with Crippen LogP contribution in [0.25, 0.3) is 11.3 Å². The van der Waals surface area contributed by atoms with Crippen LogP contribution in [0, 0.1) is 5.82 Å². The smallest absolute Gasteiger partial charge is 0.224 e. The number of hydrogen-bond donors (Lipinski definition) is 2. The third-order valence-corrected chi connectivity index (χ3v) is 4.58. The topological polar surface area (TPSA) is 54.0 Å². The Balaban J connectivity index is 1.63. The number of amides is 1. The number of aromatic nitrogens is 1. The number of carbonyl (C=O) groups is 1. The Morgan fingerprint density at radius 2 is 1.77 bits per heavy atom. The van der Waals surface area contributed by atoms with E-state index in [0.29, 0.717) is 6.42 Å². The van der Waals surface area contributed by atoms with Gasteiger partial charge in [-0.2, -0.15) is 0 Å². The van der Waals surface area contributed by atoms with Gasteiger partial charge in [0.15, 0.2) is 5.13 Å². The normalized spacial score (nSPS) is 10.5. The maximum atomic E-state index is 13.0. The number of carbonyl (C=O) groups excluding carboxylic acids is 1. The maximum Gasteiger partial charge on any atom is 0.224 e. The van der Waals surface area contributed by atoms with Crippen LogP contribution in [0.15, 0.2) is 53.9 Å². The second-order valence-corrected chi connectivity index (χ2v) is 6.76. The highest BCUT2D eigenvalue weighted by molar-refractivity contribution is 7.14. The Kier molecular flexibility index (Phi) is 5.96. The van der Waals surface area contributed by atoms with Crippen LogP contribution in [0.5, 0.6) is 0 Å². The van der Waals surface area contributed by atoms with Gasteiger partial charge in [0.25, 0.3) is 0 Å². The SMILES string of the molecule is CCCCC(=O)Nc1ccc(-c2csc(Nc3ccc(F)cc3)n2)cc1. The molecule has 0 aliphatic rings. The summed E-state index contributed by atoms with van der Waals surface area (Å²) in [6.45, 7) is 2.06. The quantitative estimate of drug-likeness (QED) is 0.551. The Labute approximate surface area is 156 Å². The van der Waals surface area contributed by atoms with E-state index in [1.165, 1.54) is 23.5 Å². The van der Waals surface area contributed by atoms with Gasteiger partial charge in [-0.05, 0) is 42.8 Å². The average Bonchev–Trinajstić information content (AvgIpc) is 3.11. The fourth-order valence-electron chi connectivity index (χ4n) is 2.41. The molecule has 4 nitrogen and oxygen atoms in total. The molecule has 2 aromatic carbocycles. The van der Waals surface area contributed by atoms with E-state index < -0.39 is 0 Å². The first kappa shape index (κ1) is 18.1. The molecule has 0 saturated carbocycles. The summed E-state index contributed by atoms with van der Waals surface area (Å²) < 4.78 is 13.0. The highest BCUT2D eigenvalue weighted by atomic mass is 32.1. The molecule has 0 bridgehead atoms. The zero-order chi connectivity index (χ0) is 18.4. The van der Waals surface area contributed by atoms with Crippen molar-refractivity contribution >= 4 is 33.8 Å². The van der Waals surface area contributed by atoms with E-state index in [1.807, 2.05) is 29.6 Å². The van der Waals surface area contributed by atoms with Gasteiger partial charge in [-0.25, -0.2) is 9.37 Å². The molecule has 0 fully saturated rings. The summed E-state index contributed by atoms with van der Waals surface area (Å²) >= 11 is 1.48. The Morgan fingerprint density at radius 3 is 2.46 bits per heavy atom. The molecule has 6 heteroatoms. The molecular formula is C20H20FN3OS. The maximum absolute atomic E-state index is 13.0. The zero-order valence-corrected chi connectivity index (χ0v) is 15.3. The largest absolute Gasteiger partial charge is 0.332 e. The molecule has 1 amide bonds. The highest BCUT2D eigenvalue weighted by Gasteiger charge is 2.06. The fourth-order valence-corrected chi connectivity index (χ4v) is 3.15. The summed E-state index contributed by atoms with van der Waals surface area (Å²) in [5.74, 6) is -0.226. The molecule has 3 rings (SSSR count). The van der Waals surface area contributed by atoms with Crippen molar-refractivity contribution in [3.05, 3.63) is 59.7 Å². The van der Waals surface area contributed by atoms with Gasteiger partial charge in [0.2, 0.25) is 5.91 Å². The van der Waals surface area contributed by atoms with Crippen LogP contribution >= 0.6 is 11.3 Å². The second-order valence-electron chi connectivity index (χ2n) is 5.90. The number of benzene rings is 2. The standard InChI is InChI=1S/C20H20FN3OS/c1-2-3-4-19(25)22-16-9-5-14(6-10-16)18-13-26-20(24-18)23-17-11-7-15(21)8-12-17/h5-13H,2-4H2,1H3,(H,22,25)(H,23,24). The minimum absolute atomic E-state index is 0.0408. The van der Waals surface area contributed by atoms with E-state index >= 15 is 0 Å².